The highest BCUT2D eigenvalue weighted by Crippen LogP contribution is 2.13. The summed E-state index contributed by atoms with van der Waals surface area (Å²) in [6.45, 7) is 11.8. The van der Waals surface area contributed by atoms with Crippen LogP contribution in [0.3, 0.4) is 0 Å². The molecule has 0 saturated carbocycles. The van der Waals surface area contributed by atoms with Gasteiger partial charge in [-0.25, -0.2) is 0 Å². The number of primary amides is 1. The highest BCUT2D eigenvalue weighted by atomic mass is 16.3. The summed E-state index contributed by atoms with van der Waals surface area (Å²) in [4.78, 5) is 138. The van der Waals surface area contributed by atoms with Crippen molar-refractivity contribution in [2.75, 3.05) is 39.3 Å². The van der Waals surface area contributed by atoms with Crippen LogP contribution in [0.25, 0.3) is 0 Å². The van der Waals surface area contributed by atoms with Gasteiger partial charge in [-0.1, -0.05) is 41.5 Å². The van der Waals surface area contributed by atoms with Crippen molar-refractivity contribution in [2.45, 2.75) is 193 Å². The van der Waals surface area contributed by atoms with Crippen LogP contribution in [0, 0.1) is 39.4 Å². The molecule has 0 aliphatic carbocycles. The second-order valence-corrected chi connectivity index (χ2v) is 22.4. The lowest BCUT2D eigenvalue weighted by Gasteiger charge is -2.29. The number of guanidine groups is 4. The number of rotatable bonds is 45. The number of aliphatic hydroxyl groups is 1. The van der Waals surface area contributed by atoms with Gasteiger partial charge in [-0.05, 0) is 114 Å². The van der Waals surface area contributed by atoms with Crippen LogP contribution in [0.15, 0.2) is 0 Å². The Labute approximate surface area is 509 Å². The number of carbonyl (C=O) groups is 10. The maximum Gasteiger partial charge on any atom is 0.243 e. The van der Waals surface area contributed by atoms with Crippen molar-refractivity contribution in [3.8, 4) is 0 Å². The van der Waals surface area contributed by atoms with Crippen molar-refractivity contribution < 1.29 is 53.1 Å². The van der Waals surface area contributed by atoms with Crippen LogP contribution >= 0.6 is 0 Å². The molecule has 0 spiro atoms. The summed E-state index contributed by atoms with van der Waals surface area (Å²) in [5.74, 6) is -10.0. The van der Waals surface area contributed by atoms with E-state index in [1.54, 1.807) is 27.7 Å². The van der Waals surface area contributed by atoms with Gasteiger partial charge in [0.1, 0.15) is 54.4 Å². The van der Waals surface area contributed by atoms with Crippen LogP contribution in [-0.2, 0) is 47.9 Å². The number of hydrogen-bond donors (Lipinski definition) is 24. The Balaban J connectivity index is 7.41. The zero-order valence-corrected chi connectivity index (χ0v) is 51.6. The molecule has 0 bridgehead atoms. The van der Waals surface area contributed by atoms with Crippen molar-refractivity contribution in [2.24, 2.45) is 52.2 Å². The Bertz CT molecular complexity index is 2270. The molecule has 0 rings (SSSR count). The molecule has 87 heavy (non-hydrogen) atoms. The monoisotopic (exact) mass is 1240 g/mol. The van der Waals surface area contributed by atoms with Crippen LogP contribution < -0.4 is 104 Å². The van der Waals surface area contributed by atoms with Gasteiger partial charge in [-0.2, -0.15) is 0 Å². The van der Waals surface area contributed by atoms with Crippen LogP contribution in [0.5, 0.6) is 0 Å². The fraction of sp³-hybridized carbons (Fsp3) is 0.736. The second-order valence-electron chi connectivity index (χ2n) is 22.4. The predicted molar refractivity (Wildman–Crippen MR) is 327 cm³/mol. The van der Waals surface area contributed by atoms with Crippen LogP contribution in [-0.4, -0.2) is 182 Å². The largest absolute Gasteiger partial charge is 0.394 e. The highest BCUT2D eigenvalue weighted by molar-refractivity contribution is 5.98. The summed E-state index contributed by atoms with van der Waals surface area (Å²) >= 11 is 0. The molecule has 0 saturated heterocycles. The maximum absolute atomic E-state index is 14.6. The molecular weight excluding hydrogens is 1130 g/mol. The molecular formula is C53H103N23O11. The Hall–Kier alpha value is -8.30. The van der Waals surface area contributed by atoms with E-state index in [1.165, 1.54) is 6.92 Å². The van der Waals surface area contributed by atoms with Crippen LogP contribution in [0.1, 0.15) is 138 Å². The molecule has 30 N–H and O–H groups in total. The zero-order valence-electron chi connectivity index (χ0n) is 51.6. The third kappa shape index (κ3) is 36.3. The fourth-order valence-electron chi connectivity index (χ4n) is 8.69. The molecule has 0 fully saturated rings. The number of hydrogen-bond acceptors (Lipinski definition) is 16. The van der Waals surface area contributed by atoms with Crippen molar-refractivity contribution in [1.82, 2.24) is 69.1 Å². The number of nitrogens with two attached hydrogens (primary N) is 6. The molecule has 0 aromatic heterocycles. The molecule has 10 amide bonds. The molecule has 0 radical (unpaired) electrons. The number of carbonyl (C=O) groups excluding carboxylic acids is 10. The number of aliphatic hydroxyl groups excluding tert-OH is 1. The van der Waals surface area contributed by atoms with E-state index >= 15 is 0 Å². The predicted octanol–water partition coefficient (Wildman–Crippen LogP) is -5.83. The SMILES string of the molecule is CC(=O)N[C@@H](CC(C)C)C(=O)N[C@@H](CCCNC(=N)N)C(=O)N[C@@H](CCCCN)C(=O)N[C@@H](CCCNC(=N)N)C(=O)N[C@@H](CCCNC(=N)N)C(=O)N[C@@H](CCCNC(=N)N)C(=O)N[C@@H](CC(C)C)C(=O)N[C@@H](CC(C)C)C(=O)N[C@@H](CO)C(N)=O. The molecule has 0 aromatic rings. The third-order valence-corrected chi connectivity index (χ3v) is 13.0. The van der Waals surface area contributed by atoms with Crippen LogP contribution in [0.2, 0.25) is 0 Å². The van der Waals surface area contributed by atoms with Gasteiger partial charge in [0, 0.05) is 33.1 Å². The molecule has 0 aromatic carbocycles. The third-order valence-electron chi connectivity index (χ3n) is 13.0. The first-order valence-corrected chi connectivity index (χ1v) is 29.4. The van der Waals surface area contributed by atoms with E-state index in [2.05, 4.69) is 69.1 Å². The smallest absolute Gasteiger partial charge is 0.243 e. The second kappa shape index (κ2) is 43.3. The molecule has 34 heteroatoms. The van der Waals surface area contributed by atoms with E-state index in [4.69, 9.17) is 56.0 Å². The minimum atomic E-state index is -1.47. The van der Waals surface area contributed by atoms with Gasteiger partial charge in [0.25, 0.3) is 0 Å². The summed E-state index contributed by atoms with van der Waals surface area (Å²) in [7, 11) is 0. The molecule has 496 valence electrons. The maximum atomic E-state index is 14.6. The first-order valence-electron chi connectivity index (χ1n) is 29.4. The Morgan fingerprint density at radius 1 is 0.345 bits per heavy atom. The molecule has 0 aliphatic heterocycles. The van der Waals surface area contributed by atoms with Crippen LogP contribution in [0.4, 0.5) is 0 Å². The first-order chi connectivity index (χ1) is 40.8. The summed E-state index contributed by atoms with van der Waals surface area (Å²) in [5, 5.41) is 74.3. The molecule has 0 aliphatic rings. The summed E-state index contributed by atoms with van der Waals surface area (Å²) in [6.07, 6.45) is 1.17. The molecule has 0 unspecified atom stereocenters. The average Bonchev–Trinajstić information content (AvgIpc) is 3.11. The molecule has 34 nitrogen and oxygen atoms in total. The van der Waals surface area contributed by atoms with E-state index in [9.17, 15) is 53.1 Å². The normalized spacial score (nSPS) is 14.1. The molecule has 9 atom stereocenters. The van der Waals surface area contributed by atoms with Crippen molar-refractivity contribution in [3.63, 3.8) is 0 Å². The minimum absolute atomic E-state index is 0.00144. The summed E-state index contributed by atoms with van der Waals surface area (Å²) in [6, 6.07) is -12.0. The molecule has 0 heterocycles. The van der Waals surface area contributed by atoms with E-state index in [0.717, 1.165) is 0 Å². The van der Waals surface area contributed by atoms with Crippen molar-refractivity contribution in [1.29, 1.82) is 21.6 Å². The topological polar surface area (TPSA) is 599 Å². The fourth-order valence-corrected chi connectivity index (χ4v) is 8.69. The number of nitrogens with one attached hydrogen (secondary N) is 17. The van der Waals surface area contributed by atoms with Gasteiger partial charge in [-0.15, -0.1) is 0 Å². The lowest BCUT2D eigenvalue weighted by atomic mass is 9.99. The standard InChI is InChI=1S/C53H103N23O11/c1-28(2)24-37(68-31(7)78)47(85)73-35(17-12-22-66-52(60)61)45(83)69-32(14-8-9-19-54)42(80)70-33(15-10-20-64-50(56)57)43(81)71-34(16-11-21-65-51(58)59)44(82)72-36(18-13-23-67-53(62)63)46(84)74-38(25-29(3)4)48(86)75-39(26-30(5)6)49(87)76-40(27-77)41(55)79/h28-30,32-40,77H,8-27,54H2,1-7H3,(H2,55,79)(H,68,78)(H,69,83)(H,70,80)(H,71,81)(H,72,82)(H,73,85)(H,74,84)(H,75,86)(H,76,87)(H4,56,57,64)(H4,58,59,65)(H4,60,61,66)(H4,62,63,67)/t32-,33-,34-,35-,36-,37-,38-,39-,40-/m0/s1. The van der Waals surface area contributed by atoms with Crippen molar-refractivity contribution in [3.05, 3.63) is 0 Å². The summed E-state index contributed by atoms with van der Waals surface area (Å²) in [5.41, 5.74) is 33.1. The quantitative estimate of drug-likeness (QED) is 0.0153. The van der Waals surface area contributed by atoms with E-state index < -0.39 is 120 Å². The van der Waals surface area contributed by atoms with E-state index in [-0.39, 0.29) is 151 Å². The van der Waals surface area contributed by atoms with Gasteiger partial charge in [-0.3, -0.25) is 69.6 Å². The summed E-state index contributed by atoms with van der Waals surface area (Å²) < 4.78 is 0. The van der Waals surface area contributed by atoms with E-state index in [1.807, 2.05) is 13.8 Å². The van der Waals surface area contributed by atoms with Gasteiger partial charge in [0.2, 0.25) is 59.1 Å². The Kier molecular flexibility index (Phi) is 39.2. The van der Waals surface area contributed by atoms with E-state index in [0.29, 0.717) is 12.8 Å². The van der Waals surface area contributed by atoms with Gasteiger partial charge >= 0.3 is 0 Å². The number of unbranched alkanes of at least 4 members (excludes halogenated alkanes) is 1. The zero-order chi connectivity index (χ0) is 66.3. The average molecular weight is 1240 g/mol. The van der Waals surface area contributed by atoms with Gasteiger partial charge < -0.3 is 109 Å². The Morgan fingerprint density at radius 3 is 0.770 bits per heavy atom. The number of amides is 10. The first kappa shape index (κ1) is 78.7. The lowest BCUT2D eigenvalue weighted by molar-refractivity contribution is -0.136. The highest BCUT2D eigenvalue weighted by Gasteiger charge is 2.36. The lowest BCUT2D eigenvalue weighted by Crippen LogP contribution is -2.60. The Morgan fingerprint density at radius 2 is 0.563 bits per heavy atom. The van der Waals surface area contributed by atoms with Gasteiger partial charge in [0.15, 0.2) is 23.8 Å². The minimum Gasteiger partial charge on any atom is -0.394 e. The van der Waals surface area contributed by atoms with Gasteiger partial charge in [0.05, 0.1) is 6.61 Å². The van der Waals surface area contributed by atoms with Crippen molar-refractivity contribution >= 4 is 82.9 Å².